The zero-order chi connectivity index (χ0) is 9.84. The Hall–Kier alpha value is -1.09. The molecule has 13 heavy (non-hydrogen) atoms. The lowest BCUT2D eigenvalue weighted by Gasteiger charge is -2.10. The molecule has 0 aromatic carbocycles. The van der Waals surface area contributed by atoms with Gasteiger partial charge in [-0.25, -0.2) is 0 Å². The Morgan fingerprint density at radius 2 is 2.31 bits per heavy atom. The maximum atomic E-state index is 11.5. The SMILES string of the molecule is Cc1cccn(CC(C)CN)c1=O. The van der Waals surface area contributed by atoms with Crippen LogP contribution in [0.25, 0.3) is 0 Å². The molecule has 2 N–H and O–H groups in total. The Balaban J connectivity index is 2.89. The Morgan fingerprint density at radius 1 is 1.62 bits per heavy atom. The zero-order valence-corrected chi connectivity index (χ0v) is 8.16. The van der Waals surface area contributed by atoms with Crippen LogP contribution >= 0.6 is 0 Å². The summed E-state index contributed by atoms with van der Waals surface area (Å²) in [7, 11) is 0. The molecule has 0 radical (unpaired) electrons. The first-order valence-electron chi connectivity index (χ1n) is 4.51. The highest BCUT2D eigenvalue weighted by Gasteiger charge is 2.02. The standard InChI is InChI=1S/C10H16N2O/c1-8(6-11)7-12-5-3-4-9(2)10(12)13/h3-5,8H,6-7,11H2,1-2H3. The van der Waals surface area contributed by atoms with Gasteiger partial charge in [-0.2, -0.15) is 0 Å². The van der Waals surface area contributed by atoms with Crippen molar-refractivity contribution in [3.05, 3.63) is 34.2 Å². The van der Waals surface area contributed by atoms with Gasteiger partial charge in [-0.3, -0.25) is 4.79 Å². The molecule has 1 heterocycles. The van der Waals surface area contributed by atoms with Crippen LogP contribution in [0, 0.1) is 12.8 Å². The van der Waals surface area contributed by atoms with Crippen molar-refractivity contribution in [2.75, 3.05) is 6.54 Å². The summed E-state index contributed by atoms with van der Waals surface area (Å²) in [6.07, 6.45) is 1.81. The first kappa shape index (κ1) is 9.99. The molecule has 0 bridgehead atoms. The van der Waals surface area contributed by atoms with Gasteiger partial charge < -0.3 is 10.3 Å². The van der Waals surface area contributed by atoms with Crippen molar-refractivity contribution < 1.29 is 0 Å². The molecule has 0 aliphatic carbocycles. The summed E-state index contributed by atoms with van der Waals surface area (Å²) >= 11 is 0. The van der Waals surface area contributed by atoms with Crippen molar-refractivity contribution in [3.8, 4) is 0 Å². The van der Waals surface area contributed by atoms with Gasteiger partial charge in [0.2, 0.25) is 0 Å². The molecule has 3 nitrogen and oxygen atoms in total. The maximum Gasteiger partial charge on any atom is 0.253 e. The fourth-order valence-corrected chi connectivity index (χ4v) is 1.21. The molecule has 0 amide bonds. The molecular formula is C10H16N2O. The number of aryl methyl sites for hydroxylation is 1. The second kappa shape index (κ2) is 4.23. The second-order valence-corrected chi connectivity index (χ2v) is 3.49. The predicted octanol–water partition coefficient (Wildman–Crippen LogP) is 0.752. The van der Waals surface area contributed by atoms with Crippen LogP contribution in [0.5, 0.6) is 0 Å². The number of nitrogens with zero attached hydrogens (tertiary/aromatic N) is 1. The molecule has 1 aromatic rings. The Labute approximate surface area is 78.2 Å². The van der Waals surface area contributed by atoms with Gasteiger partial charge in [0.25, 0.3) is 5.56 Å². The van der Waals surface area contributed by atoms with Crippen LogP contribution < -0.4 is 11.3 Å². The van der Waals surface area contributed by atoms with Crippen molar-refractivity contribution in [2.45, 2.75) is 20.4 Å². The first-order valence-corrected chi connectivity index (χ1v) is 4.51. The first-order chi connectivity index (χ1) is 6.15. The Kier molecular flexibility index (Phi) is 3.25. The van der Waals surface area contributed by atoms with E-state index >= 15 is 0 Å². The van der Waals surface area contributed by atoms with Gasteiger partial charge in [0.05, 0.1) is 0 Å². The minimum absolute atomic E-state index is 0.0859. The van der Waals surface area contributed by atoms with Gasteiger partial charge in [-0.15, -0.1) is 0 Å². The highest BCUT2D eigenvalue weighted by atomic mass is 16.1. The van der Waals surface area contributed by atoms with Gasteiger partial charge in [0.15, 0.2) is 0 Å². The topological polar surface area (TPSA) is 48.0 Å². The molecule has 1 aromatic heterocycles. The van der Waals surface area contributed by atoms with E-state index in [0.717, 1.165) is 5.56 Å². The van der Waals surface area contributed by atoms with Gasteiger partial charge >= 0.3 is 0 Å². The van der Waals surface area contributed by atoms with Crippen molar-refractivity contribution in [1.82, 2.24) is 4.57 Å². The van der Waals surface area contributed by atoms with Crippen molar-refractivity contribution in [2.24, 2.45) is 11.7 Å². The number of hydrogen-bond donors (Lipinski definition) is 1. The molecule has 0 aliphatic rings. The van der Waals surface area contributed by atoms with E-state index in [0.29, 0.717) is 19.0 Å². The summed E-state index contributed by atoms with van der Waals surface area (Å²) in [5, 5.41) is 0. The smallest absolute Gasteiger partial charge is 0.253 e. The molecule has 0 spiro atoms. The van der Waals surface area contributed by atoms with Gasteiger partial charge in [-0.1, -0.05) is 13.0 Å². The van der Waals surface area contributed by atoms with Crippen LogP contribution in [0.1, 0.15) is 12.5 Å². The summed E-state index contributed by atoms with van der Waals surface area (Å²) < 4.78 is 1.72. The van der Waals surface area contributed by atoms with E-state index in [1.165, 1.54) is 0 Å². The summed E-state index contributed by atoms with van der Waals surface area (Å²) in [6, 6.07) is 3.71. The summed E-state index contributed by atoms with van der Waals surface area (Å²) in [5.41, 5.74) is 6.36. The molecule has 0 aliphatic heterocycles. The van der Waals surface area contributed by atoms with E-state index in [1.807, 2.05) is 32.2 Å². The van der Waals surface area contributed by atoms with E-state index in [9.17, 15) is 4.79 Å². The maximum absolute atomic E-state index is 11.5. The highest BCUT2D eigenvalue weighted by Crippen LogP contribution is 1.96. The molecule has 1 rings (SSSR count). The zero-order valence-electron chi connectivity index (χ0n) is 8.16. The van der Waals surface area contributed by atoms with Crippen LogP contribution in [0.15, 0.2) is 23.1 Å². The number of pyridine rings is 1. The second-order valence-electron chi connectivity index (χ2n) is 3.49. The number of nitrogens with two attached hydrogens (primary N) is 1. The predicted molar refractivity (Wildman–Crippen MR) is 53.7 cm³/mol. The number of aromatic nitrogens is 1. The Bertz CT molecular complexity index is 330. The fourth-order valence-electron chi connectivity index (χ4n) is 1.21. The van der Waals surface area contributed by atoms with E-state index in [4.69, 9.17) is 5.73 Å². The Morgan fingerprint density at radius 3 is 2.92 bits per heavy atom. The van der Waals surface area contributed by atoms with Crippen LogP contribution in [0.4, 0.5) is 0 Å². The fraction of sp³-hybridized carbons (Fsp3) is 0.500. The monoisotopic (exact) mass is 180 g/mol. The largest absolute Gasteiger partial charge is 0.330 e. The van der Waals surface area contributed by atoms with Crippen molar-refractivity contribution in [3.63, 3.8) is 0 Å². The normalized spacial score (nSPS) is 12.8. The van der Waals surface area contributed by atoms with Crippen molar-refractivity contribution >= 4 is 0 Å². The van der Waals surface area contributed by atoms with E-state index in [-0.39, 0.29) is 5.56 Å². The molecular weight excluding hydrogens is 164 g/mol. The molecule has 72 valence electrons. The van der Waals surface area contributed by atoms with Crippen molar-refractivity contribution in [1.29, 1.82) is 0 Å². The molecule has 1 atom stereocenters. The third-order valence-corrected chi connectivity index (χ3v) is 2.12. The molecule has 0 saturated carbocycles. The third-order valence-electron chi connectivity index (χ3n) is 2.12. The third kappa shape index (κ3) is 2.42. The lowest BCUT2D eigenvalue weighted by Crippen LogP contribution is -2.26. The van der Waals surface area contributed by atoms with E-state index in [1.54, 1.807) is 4.57 Å². The summed E-state index contributed by atoms with van der Waals surface area (Å²) in [6.45, 7) is 5.18. The molecule has 0 fully saturated rings. The average Bonchev–Trinajstić information content (AvgIpc) is 2.13. The summed E-state index contributed by atoms with van der Waals surface area (Å²) in [5.74, 6) is 0.347. The molecule has 1 unspecified atom stereocenters. The summed E-state index contributed by atoms with van der Waals surface area (Å²) in [4.78, 5) is 11.5. The quantitative estimate of drug-likeness (QED) is 0.746. The van der Waals surface area contributed by atoms with Gasteiger partial charge in [0.1, 0.15) is 0 Å². The van der Waals surface area contributed by atoms with E-state index in [2.05, 4.69) is 0 Å². The lowest BCUT2D eigenvalue weighted by molar-refractivity contribution is 0.481. The van der Waals surface area contributed by atoms with Crippen LogP contribution in [-0.4, -0.2) is 11.1 Å². The highest BCUT2D eigenvalue weighted by molar-refractivity contribution is 5.07. The van der Waals surface area contributed by atoms with Crippen LogP contribution in [0.2, 0.25) is 0 Å². The number of rotatable bonds is 3. The van der Waals surface area contributed by atoms with Gasteiger partial charge in [0, 0.05) is 18.3 Å². The van der Waals surface area contributed by atoms with Crippen LogP contribution in [0.3, 0.4) is 0 Å². The molecule has 3 heteroatoms. The van der Waals surface area contributed by atoms with E-state index < -0.39 is 0 Å². The average molecular weight is 180 g/mol. The van der Waals surface area contributed by atoms with Crippen LogP contribution in [-0.2, 0) is 6.54 Å². The minimum Gasteiger partial charge on any atom is -0.330 e. The minimum atomic E-state index is 0.0859. The molecule has 0 saturated heterocycles. The number of hydrogen-bond acceptors (Lipinski definition) is 2. The van der Waals surface area contributed by atoms with Gasteiger partial charge in [-0.05, 0) is 25.5 Å². The lowest BCUT2D eigenvalue weighted by atomic mass is 10.2.